The van der Waals surface area contributed by atoms with Crippen LogP contribution in [0, 0.1) is 12.7 Å². The van der Waals surface area contributed by atoms with Crippen molar-refractivity contribution in [2.45, 2.75) is 64.1 Å². The van der Waals surface area contributed by atoms with E-state index < -0.39 is 53.5 Å². The number of rotatable bonds is 15. The topological polar surface area (TPSA) is 200 Å². The quantitative estimate of drug-likeness (QED) is 0.137. The molecule has 0 aliphatic heterocycles. The number of unbranched alkanes of at least 4 members (excludes halogenated alkanes) is 1. The minimum atomic E-state index is -1.19. The van der Waals surface area contributed by atoms with Gasteiger partial charge >= 0.3 is 0 Å². The van der Waals surface area contributed by atoms with Crippen LogP contribution in [-0.2, 0) is 24.0 Å². The molecule has 5 amide bonds. The number of halogens is 1. The van der Waals surface area contributed by atoms with Gasteiger partial charge in [-0.2, -0.15) is 0 Å². The average molecular weight is 507 g/mol. The molecule has 0 saturated carbocycles. The number of amides is 5. The summed E-state index contributed by atoms with van der Waals surface area (Å²) in [6.07, 6.45) is 3.61. The number of nitrogens with one attached hydrogen (secondary N) is 3. The third-order valence-corrected chi connectivity index (χ3v) is 5.27. The molecule has 198 valence electrons. The molecular formula is C24H35FN6O5. The summed E-state index contributed by atoms with van der Waals surface area (Å²) in [5.41, 5.74) is 17.0. The van der Waals surface area contributed by atoms with E-state index in [2.05, 4.69) is 16.0 Å². The first kappa shape index (κ1) is 30.2. The van der Waals surface area contributed by atoms with Gasteiger partial charge in [-0.25, -0.2) is 4.39 Å². The molecule has 0 fully saturated rings. The van der Waals surface area contributed by atoms with E-state index in [1.807, 2.05) is 0 Å². The van der Waals surface area contributed by atoms with Gasteiger partial charge in [-0.1, -0.05) is 12.1 Å². The molecule has 0 bridgehead atoms. The molecular weight excluding hydrogens is 471 g/mol. The molecule has 0 saturated heterocycles. The van der Waals surface area contributed by atoms with E-state index >= 15 is 0 Å². The second kappa shape index (κ2) is 15.2. The summed E-state index contributed by atoms with van der Waals surface area (Å²) in [5.74, 6) is -3.96. The van der Waals surface area contributed by atoms with Crippen molar-refractivity contribution in [2.75, 3.05) is 6.54 Å². The molecule has 3 unspecified atom stereocenters. The van der Waals surface area contributed by atoms with Crippen molar-refractivity contribution in [3.8, 4) is 0 Å². The Morgan fingerprint density at radius 3 is 2.19 bits per heavy atom. The minimum absolute atomic E-state index is 0.130. The number of primary amides is 2. The molecule has 0 heterocycles. The fourth-order valence-corrected chi connectivity index (χ4v) is 3.16. The third-order valence-electron chi connectivity index (χ3n) is 5.27. The third kappa shape index (κ3) is 11.1. The zero-order valence-electron chi connectivity index (χ0n) is 20.5. The average Bonchev–Trinajstić information content (AvgIpc) is 2.80. The fraction of sp³-hybridized carbons (Fsp3) is 0.458. The van der Waals surface area contributed by atoms with E-state index in [0.717, 1.165) is 11.6 Å². The zero-order chi connectivity index (χ0) is 27.3. The molecule has 0 radical (unpaired) electrons. The molecule has 1 aromatic carbocycles. The molecule has 0 aliphatic carbocycles. The molecule has 3 atom stereocenters. The monoisotopic (exact) mass is 506 g/mol. The van der Waals surface area contributed by atoms with Gasteiger partial charge in [-0.3, -0.25) is 24.0 Å². The van der Waals surface area contributed by atoms with Crippen LogP contribution in [0.25, 0.3) is 6.08 Å². The van der Waals surface area contributed by atoms with Gasteiger partial charge in [0.15, 0.2) is 0 Å². The van der Waals surface area contributed by atoms with Crippen LogP contribution in [0.3, 0.4) is 0 Å². The maximum atomic E-state index is 13.9. The molecule has 11 nitrogen and oxygen atoms in total. The Balaban J connectivity index is 2.60. The highest BCUT2D eigenvalue weighted by Crippen LogP contribution is 2.11. The maximum Gasteiger partial charge on any atom is 0.244 e. The van der Waals surface area contributed by atoms with Crippen LogP contribution in [0.4, 0.5) is 4.39 Å². The fourth-order valence-electron chi connectivity index (χ4n) is 3.16. The first-order valence-corrected chi connectivity index (χ1v) is 11.6. The second-order valence-electron chi connectivity index (χ2n) is 8.40. The number of aryl methyl sites for hydroxylation is 1. The Kier molecular flexibility index (Phi) is 12.8. The number of hydrogen-bond donors (Lipinski definition) is 6. The Morgan fingerprint density at radius 2 is 1.61 bits per heavy atom. The van der Waals surface area contributed by atoms with Crippen molar-refractivity contribution >= 4 is 35.6 Å². The van der Waals surface area contributed by atoms with E-state index in [-0.39, 0.29) is 18.4 Å². The first-order valence-electron chi connectivity index (χ1n) is 11.6. The maximum absolute atomic E-state index is 13.9. The number of nitrogens with two attached hydrogens (primary N) is 3. The highest BCUT2D eigenvalue weighted by Gasteiger charge is 2.24. The molecule has 1 aromatic rings. The standard InChI is InChI=1S/C24H35FN6O5/c1-14-6-7-16(17(25)13-14)8-10-20(32)29-15(2)24(36)31-19(23(28)35)9-11-21(33)30-18(22(27)34)5-3-4-12-26/h6-8,10,13,15,18-19H,3-5,9,11-12,26H2,1-2H3,(H2,27,34)(H2,28,35)(H,29,32)(H,30,33)(H,31,36). The van der Waals surface area contributed by atoms with Crippen LogP contribution in [0.5, 0.6) is 0 Å². The van der Waals surface area contributed by atoms with Crippen LogP contribution in [0.2, 0.25) is 0 Å². The van der Waals surface area contributed by atoms with E-state index in [9.17, 15) is 28.4 Å². The van der Waals surface area contributed by atoms with Crippen LogP contribution >= 0.6 is 0 Å². The van der Waals surface area contributed by atoms with Gasteiger partial charge in [0.05, 0.1) is 0 Å². The van der Waals surface area contributed by atoms with Gasteiger partial charge in [-0.15, -0.1) is 0 Å². The SMILES string of the molecule is Cc1ccc(C=CC(=O)NC(C)C(=O)NC(CCC(=O)NC(CCCCN)C(N)=O)C(N)=O)c(F)c1. The highest BCUT2D eigenvalue weighted by molar-refractivity contribution is 5.96. The molecule has 9 N–H and O–H groups in total. The van der Waals surface area contributed by atoms with Gasteiger partial charge < -0.3 is 33.2 Å². The van der Waals surface area contributed by atoms with Crippen molar-refractivity contribution < 1.29 is 28.4 Å². The summed E-state index contributed by atoms with van der Waals surface area (Å²) in [5, 5.41) is 7.28. The second-order valence-corrected chi connectivity index (χ2v) is 8.40. The van der Waals surface area contributed by atoms with Crippen LogP contribution in [0.15, 0.2) is 24.3 Å². The lowest BCUT2D eigenvalue weighted by atomic mass is 10.1. The number of carbonyl (C=O) groups is 5. The van der Waals surface area contributed by atoms with Gasteiger partial charge in [0.2, 0.25) is 29.5 Å². The molecule has 12 heteroatoms. The lowest BCUT2D eigenvalue weighted by Crippen LogP contribution is -2.52. The normalized spacial score (nSPS) is 13.4. The van der Waals surface area contributed by atoms with Crippen molar-refractivity contribution in [1.29, 1.82) is 0 Å². The van der Waals surface area contributed by atoms with E-state index in [4.69, 9.17) is 17.2 Å². The highest BCUT2D eigenvalue weighted by atomic mass is 19.1. The number of carbonyl (C=O) groups excluding carboxylic acids is 5. The predicted molar refractivity (Wildman–Crippen MR) is 132 cm³/mol. The van der Waals surface area contributed by atoms with Crippen molar-refractivity contribution in [1.82, 2.24) is 16.0 Å². The van der Waals surface area contributed by atoms with E-state index in [1.54, 1.807) is 13.0 Å². The van der Waals surface area contributed by atoms with Gasteiger partial charge in [0.1, 0.15) is 23.9 Å². The van der Waals surface area contributed by atoms with Crippen molar-refractivity contribution in [3.05, 3.63) is 41.2 Å². The number of hydrogen-bond acceptors (Lipinski definition) is 6. The molecule has 0 aliphatic rings. The minimum Gasteiger partial charge on any atom is -0.368 e. The molecule has 36 heavy (non-hydrogen) atoms. The lowest BCUT2D eigenvalue weighted by molar-refractivity contribution is -0.131. The van der Waals surface area contributed by atoms with E-state index in [1.165, 1.54) is 25.1 Å². The van der Waals surface area contributed by atoms with Crippen molar-refractivity contribution in [3.63, 3.8) is 0 Å². The predicted octanol–water partition coefficient (Wildman–Crippen LogP) is -0.499. The van der Waals surface area contributed by atoms with Crippen LogP contribution in [0.1, 0.15) is 50.2 Å². The summed E-state index contributed by atoms with van der Waals surface area (Å²) in [6, 6.07) is 1.42. The summed E-state index contributed by atoms with van der Waals surface area (Å²) in [6.45, 7) is 3.56. The Morgan fingerprint density at radius 1 is 0.972 bits per heavy atom. The molecule has 0 spiro atoms. The summed E-state index contributed by atoms with van der Waals surface area (Å²) in [4.78, 5) is 60.0. The smallest absolute Gasteiger partial charge is 0.244 e. The van der Waals surface area contributed by atoms with Crippen LogP contribution in [-0.4, -0.2) is 54.2 Å². The van der Waals surface area contributed by atoms with Gasteiger partial charge in [0.25, 0.3) is 0 Å². The first-order chi connectivity index (χ1) is 16.9. The van der Waals surface area contributed by atoms with Gasteiger partial charge in [0, 0.05) is 18.1 Å². The lowest BCUT2D eigenvalue weighted by Gasteiger charge is -2.20. The van der Waals surface area contributed by atoms with Crippen molar-refractivity contribution in [2.24, 2.45) is 17.2 Å². The Labute approximate surface area is 209 Å². The molecule has 0 aromatic heterocycles. The number of benzene rings is 1. The van der Waals surface area contributed by atoms with E-state index in [0.29, 0.717) is 25.8 Å². The summed E-state index contributed by atoms with van der Waals surface area (Å²) in [7, 11) is 0. The largest absolute Gasteiger partial charge is 0.368 e. The van der Waals surface area contributed by atoms with Crippen LogP contribution < -0.4 is 33.2 Å². The molecule has 1 rings (SSSR count). The Bertz CT molecular complexity index is 984. The van der Waals surface area contributed by atoms with Gasteiger partial charge in [-0.05, 0) is 63.8 Å². The Hall–Kier alpha value is -3.80. The summed E-state index contributed by atoms with van der Waals surface area (Å²) >= 11 is 0. The summed E-state index contributed by atoms with van der Waals surface area (Å²) < 4.78 is 13.9. The zero-order valence-corrected chi connectivity index (χ0v) is 20.5.